The molecule has 3 rings (SSSR count). The van der Waals surface area contributed by atoms with Gasteiger partial charge >= 0.3 is 0 Å². The molecule has 1 aliphatic carbocycles. The standard InChI is InChI=1S/C20H32N2O3/c1-15-12-18(16(2)22(15)10-11-25-3)19(23)14-21-9-8-20(24)7-5-4-6-17(20)13-21/h12,17,24H,4-11,13-14H2,1-3H3. The van der Waals surface area contributed by atoms with Gasteiger partial charge in [-0.3, -0.25) is 9.69 Å². The van der Waals surface area contributed by atoms with Gasteiger partial charge in [0.15, 0.2) is 5.78 Å². The third-order valence-electron chi connectivity index (χ3n) is 6.27. The van der Waals surface area contributed by atoms with E-state index in [0.29, 0.717) is 19.1 Å². The van der Waals surface area contributed by atoms with E-state index in [4.69, 9.17) is 4.74 Å². The van der Waals surface area contributed by atoms with Crippen molar-refractivity contribution in [2.45, 2.75) is 58.1 Å². The largest absolute Gasteiger partial charge is 0.390 e. The van der Waals surface area contributed by atoms with Gasteiger partial charge in [0.1, 0.15) is 0 Å². The Morgan fingerprint density at radius 3 is 2.92 bits per heavy atom. The third-order valence-corrected chi connectivity index (χ3v) is 6.27. The molecule has 2 unspecified atom stereocenters. The van der Waals surface area contributed by atoms with Crippen molar-refractivity contribution in [1.82, 2.24) is 9.47 Å². The van der Waals surface area contributed by atoms with Gasteiger partial charge in [-0.1, -0.05) is 12.8 Å². The van der Waals surface area contributed by atoms with Crippen LogP contribution in [0.1, 0.15) is 53.8 Å². The highest BCUT2D eigenvalue weighted by atomic mass is 16.5. The molecule has 1 aromatic heterocycles. The summed E-state index contributed by atoms with van der Waals surface area (Å²) in [6.07, 6.45) is 5.17. The fourth-order valence-corrected chi connectivity index (χ4v) is 4.68. The van der Waals surface area contributed by atoms with E-state index in [2.05, 4.69) is 9.47 Å². The third kappa shape index (κ3) is 3.83. The molecule has 1 aliphatic heterocycles. The SMILES string of the molecule is COCCn1c(C)cc(C(=O)CN2CCC3(O)CCCCC3C2)c1C. The van der Waals surface area contributed by atoms with Crippen molar-refractivity contribution in [3.8, 4) is 0 Å². The van der Waals surface area contributed by atoms with Gasteiger partial charge in [-0.2, -0.15) is 0 Å². The number of nitrogens with zero attached hydrogens (tertiary/aromatic N) is 2. The molecule has 140 valence electrons. The number of likely N-dealkylation sites (tertiary alicyclic amines) is 1. The number of ketones is 1. The maximum absolute atomic E-state index is 12.9. The van der Waals surface area contributed by atoms with E-state index in [-0.39, 0.29) is 5.78 Å². The van der Waals surface area contributed by atoms with Gasteiger partial charge in [0.25, 0.3) is 0 Å². The zero-order valence-electron chi connectivity index (χ0n) is 15.9. The summed E-state index contributed by atoms with van der Waals surface area (Å²) < 4.78 is 7.33. The van der Waals surface area contributed by atoms with Crippen LogP contribution in [-0.2, 0) is 11.3 Å². The summed E-state index contributed by atoms with van der Waals surface area (Å²) in [5.74, 6) is 0.523. The second kappa shape index (κ2) is 7.60. The number of carbonyl (C=O) groups is 1. The minimum atomic E-state index is -0.478. The molecular weight excluding hydrogens is 316 g/mol. The molecule has 5 nitrogen and oxygen atoms in total. The van der Waals surface area contributed by atoms with Crippen molar-refractivity contribution in [3.05, 3.63) is 23.0 Å². The number of carbonyl (C=O) groups excluding carboxylic acids is 1. The lowest BCUT2D eigenvalue weighted by molar-refractivity contribution is -0.0936. The van der Waals surface area contributed by atoms with E-state index in [9.17, 15) is 9.90 Å². The van der Waals surface area contributed by atoms with Crippen LogP contribution >= 0.6 is 0 Å². The molecule has 0 amide bonds. The second-order valence-corrected chi connectivity index (χ2v) is 7.88. The summed E-state index contributed by atoms with van der Waals surface area (Å²) in [5.41, 5.74) is 2.50. The lowest BCUT2D eigenvalue weighted by atomic mass is 9.71. The molecule has 1 N–H and O–H groups in total. The summed E-state index contributed by atoms with van der Waals surface area (Å²) in [4.78, 5) is 15.1. The lowest BCUT2D eigenvalue weighted by Crippen LogP contribution is -2.54. The Morgan fingerprint density at radius 2 is 2.16 bits per heavy atom. The highest BCUT2D eigenvalue weighted by Gasteiger charge is 2.42. The quantitative estimate of drug-likeness (QED) is 0.803. The van der Waals surface area contributed by atoms with Crippen LogP contribution < -0.4 is 0 Å². The van der Waals surface area contributed by atoms with Crippen molar-refractivity contribution < 1.29 is 14.6 Å². The molecule has 0 radical (unpaired) electrons. The highest BCUT2D eigenvalue weighted by Crippen LogP contribution is 2.39. The Kier molecular flexibility index (Phi) is 5.66. The first-order valence-electron chi connectivity index (χ1n) is 9.58. The maximum Gasteiger partial charge on any atom is 0.178 e. The van der Waals surface area contributed by atoms with Crippen molar-refractivity contribution in [1.29, 1.82) is 0 Å². The number of fused-ring (bicyclic) bond motifs is 1. The number of hydrogen-bond acceptors (Lipinski definition) is 4. The van der Waals surface area contributed by atoms with Crippen molar-refractivity contribution in [2.24, 2.45) is 5.92 Å². The van der Waals surface area contributed by atoms with Crippen LogP contribution in [0.5, 0.6) is 0 Å². The average molecular weight is 348 g/mol. The Balaban J connectivity index is 1.65. The minimum absolute atomic E-state index is 0.193. The molecule has 2 aliphatic rings. The Labute approximate surface area is 151 Å². The Bertz CT molecular complexity index is 625. The lowest BCUT2D eigenvalue weighted by Gasteiger charge is -2.47. The van der Waals surface area contributed by atoms with Gasteiger partial charge in [0, 0.05) is 49.6 Å². The first-order chi connectivity index (χ1) is 11.9. The Hall–Kier alpha value is -1.17. The van der Waals surface area contributed by atoms with Crippen LogP contribution in [0.15, 0.2) is 6.07 Å². The number of aromatic nitrogens is 1. The van der Waals surface area contributed by atoms with Crippen molar-refractivity contribution >= 4 is 5.78 Å². The van der Waals surface area contributed by atoms with E-state index >= 15 is 0 Å². The summed E-state index contributed by atoms with van der Waals surface area (Å²) in [7, 11) is 1.70. The smallest absolute Gasteiger partial charge is 0.178 e. The van der Waals surface area contributed by atoms with E-state index in [1.165, 1.54) is 6.42 Å². The number of ether oxygens (including phenoxy) is 1. The predicted molar refractivity (Wildman–Crippen MR) is 98.1 cm³/mol. The van der Waals surface area contributed by atoms with Gasteiger partial charge in [-0.25, -0.2) is 0 Å². The predicted octanol–water partition coefficient (Wildman–Crippen LogP) is 2.56. The summed E-state index contributed by atoms with van der Waals surface area (Å²) in [6.45, 7) is 7.62. The molecular formula is C20H32N2O3. The van der Waals surface area contributed by atoms with E-state index in [1.54, 1.807) is 7.11 Å². The minimum Gasteiger partial charge on any atom is -0.390 e. The van der Waals surface area contributed by atoms with E-state index in [1.807, 2.05) is 19.9 Å². The van der Waals surface area contributed by atoms with Crippen LogP contribution in [0.25, 0.3) is 0 Å². The monoisotopic (exact) mass is 348 g/mol. The molecule has 25 heavy (non-hydrogen) atoms. The zero-order chi connectivity index (χ0) is 18.0. The molecule has 2 atom stereocenters. The molecule has 2 fully saturated rings. The van der Waals surface area contributed by atoms with Crippen LogP contribution in [0.2, 0.25) is 0 Å². The topological polar surface area (TPSA) is 54.7 Å². The number of piperidine rings is 1. The molecule has 1 saturated heterocycles. The first-order valence-corrected chi connectivity index (χ1v) is 9.58. The van der Waals surface area contributed by atoms with Crippen LogP contribution in [-0.4, -0.2) is 59.3 Å². The highest BCUT2D eigenvalue weighted by molar-refractivity contribution is 5.99. The number of methoxy groups -OCH3 is 1. The molecule has 2 heterocycles. The van der Waals surface area contributed by atoms with Crippen LogP contribution in [0.4, 0.5) is 0 Å². The van der Waals surface area contributed by atoms with Crippen LogP contribution in [0.3, 0.4) is 0 Å². The van der Waals surface area contributed by atoms with Gasteiger partial charge in [-0.15, -0.1) is 0 Å². The fraction of sp³-hybridized carbons (Fsp3) is 0.750. The van der Waals surface area contributed by atoms with Gasteiger partial charge in [0.2, 0.25) is 0 Å². The molecule has 0 bridgehead atoms. The Morgan fingerprint density at radius 1 is 1.36 bits per heavy atom. The van der Waals surface area contributed by atoms with Gasteiger partial charge < -0.3 is 14.4 Å². The molecule has 5 heteroatoms. The molecule has 0 aromatic carbocycles. The van der Waals surface area contributed by atoms with Crippen molar-refractivity contribution in [3.63, 3.8) is 0 Å². The van der Waals surface area contributed by atoms with Crippen molar-refractivity contribution in [2.75, 3.05) is 33.4 Å². The average Bonchev–Trinajstić information content (AvgIpc) is 2.87. The first kappa shape index (κ1) is 18.6. The van der Waals surface area contributed by atoms with Gasteiger partial charge in [-0.05, 0) is 39.2 Å². The summed E-state index contributed by atoms with van der Waals surface area (Å²) in [5, 5.41) is 10.8. The molecule has 1 aromatic rings. The molecule has 0 spiro atoms. The normalized spacial score (nSPS) is 27.3. The van der Waals surface area contributed by atoms with Gasteiger partial charge in [0.05, 0.1) is 18.8 Å². The van der Waals surface area contributed by atoms with E-state index < -0.39 is 5.60 Å². The number of hydrogen-bond donors (Lipinski definition) is 1. The number of aryl methyl sites for hydroxylation is 1. The number of aliphatic hydroxyl groups is 1. The summed E-state index contributed by atoms with van der Waals surface area (Å²) in [6, 6.07) is 2.01. The zero-order valence-corrected chi connectivity index (χ0v) is 15.9. The maximum atomic E-state index is 12.9. The second-order valence-electron chi connectivity index (χ2n) is 7.88. The number of Topliss-reactive ketones (excluding diaryl/α,β-unsaturated/α-hetero) is 1. The molecule has 1 saturated carbocycles. The van der Waals surface area contributed by atoms with E-state index in [0.717, 1.165) is 62.3 Å². The fourth-order valence-electron chi connectivity index (χ4n) is 4.68. The number of rotatable bonds is 6. The summed E-state index contributed by atoms with van der Waals surface area (Å²) >= 11 is 0. The van der Waals surface area contributed by atoms with Crippen LogP contribution in [0, 0.1) is 19.8 Å².